The number of amides is 1. The van der Waals surface area contributed by atoms with Crippen molar-refractivity contribution in [2.45, 2.75) is 11.8 Å². The molecule has 10 heteroatoms. The summed E-state index contributed by atoms with van der Waals surface area (Å²) < 4.78 is 45.9. The van der Waals surface area contributed by atoms with Crippen molar-refractivity contribution >= 4 is 27.0 Å². The summed E-state index contributed by atoms with van der Waals surface area (Å²) in [5.74, 6) is 0.985. The van der Waals surface area contributed by atoms with Crippen molar-refractivity contribution in [2.75, 3.05) is 40.5 Å². The molecule has 0 spiro atoms. The van der Waals surface area contributed by atoms with Crippen LogP contribution in [0.2, 0.25) is 0 Å². The van der Waals surface area contributed by atoms with E-state index in [1.165, 1.54) is 3.97 Å². The number of carbonyl (C=O) groups is 1. The van der Waals surface area contributed by atoms with Gasteiger partial charge in [-0.15, -0.1) is 0 Å². The van der Waals surface area contributed by atoms with Crippen molar-refractivity contribution in [3.63, 3.8) is 0 Å². The van der Waals surface area contributed by atoms with Gasteiger partial charge in [-0.3, -0.25) is 4.79 Å². The van der Waals surface area contributed by atoms with Gasteiger partial charge in [-0.1, -0.05) is 35.9 Å². The van der Waals surface area contributed by atoms with E-state index in [1.54, 1.807) is 74.0 Å². The van der Waals surface area contributed by atoms with Crippen LogP contribution in [0.25, 0.3) is 33.3 Å². The lowest BCUT2D eigenvalue weighted by atomic mass is 9.99. The highest BCUT2D eigenvalue weighted by Gasteiger charge is 2.26. The molecule has 0 saturated carbocycles. The molecule has 220 valence electrons. The van der Waals surface area contributed by atoms with Crippen LogP contribution in [0.3, 0.4) is 0 Å². The van der Waals surface area contributed by atoms with E-state index in [-0.39, 0.29) is 16.4 Å². The molecule has 1 aliphatic heterocycles. The van der Waals surface area contributed by atoms with Crippen molar-refractivity contribution < 1.29 is 27.4 Å². The Hall–Kier alpha value is -4.67. The number of morpholine rings is 1. The summed E-state index contributed by atoms with van der Waals surface area (Å²) >= 11 is 0. The Balaban J connectivity index is 1.54. The fraction of sp³-hybridized carbons (Fsp3) is 0.212. The molecule has 2 aromatic heterocycles. The molecule has 1 saturated heterocycles. The Labute approximate surface area is 250 Å². The Morgan fingerprint density at radius 1 is 0.884 bits per heavy atom. The lowest BCUT2D eigenvalue weighted by molar-refractivity contribution is 0.0303. The normalized spacial score (nSPS) is 13.7. The number of nitrogens with zero attached hydrogens (tertiary/aromatic N) is 3. The number of aryl methyl sites for hydroxylation is 1. The number of hydrogen-bond donors (Lipinski definition) is 0. The molecule has 0 atom stereocenters. The van der Waals surface area contributed by atoms with Gasteiger partial charge in [-0.2, -0.15) is 0 Å². The fourth-order valence-corrected chi connectivity index (χ4v) is 6.67. The zero-order valence-corrected chi connectivity index (χ0v) is 24.9. The maximum Gasteiger partial charge on any atom is 0.269 e. The molecule has 0 bridgehead atoms. The highest BCUT2D eigenvalue weighted by Crippen LogP contribution is 2.43. The van der Waals surface area contributed by atoms with E-state index in [0.717, 1.165) is 16.7 Å². The van der Waals surface area contributed by atoms with E-state index >= 15 is 0 Å². The van der Waals surface area contributed by atoms with E-state index in [0.29, 0.717) is 59.9 Å². The second kappa shape index (κ2) is 11.5. The molecule has 1 amide bonds. The van der Waals surface area contributed by atoms with E-state index in [4.69, 9.17) is 14.2 Å². The number of hydrogen-bond acceptors (Lipinski definition) is 7. The quantitative estimate of drug-likeness (QED) is 0.248. The smallest absolute Gasteiger partial charge is 0.269 e. The van der Waals surface area contributed by atoms with Crippen molar-refractivity contribution in [2.24, 2.45) is 0 Å². The third-order valence-corrected chi connectivity index (χ3v) is 9.29. The van der Waals surface area contributed by atoms with Crippen LogP contribution in [0.1, 0.15) is 15.9 Å². The number of methoxy groups -OCH3 is 2. The Morgan fingerprint density at radius 2 is 1.56 bits per heavy atom. The minimum Gasteiger partial charge on any atom is -0.496 e. The molecule has 3 heterocycles. The second-order valence-electron chi connectivity index (χ2n) is 10.3. The molecule has 3 aromatic carbocycles. The number of fused-ring (bicyclic) bond motifs is 1. The number of carbonyl (C=O) groups excluding carboxylic acids is 1. The van der Waals surface area contributed by atoms with Gasteiger partial charge >= 0.3 is 0 Å². The maximum atomic E-state index is 13.9. The van der Waals surface area contributed by atoms with Gasteiger partial charge in [0.2, 0.25) is 0 Å². The third kappa shape index (κ3) is 5.24. The van der Waals surface area contributed by atoms with Crippen LogP contribution in [0.4, 0.5) is 0 Å². The SMILES string of the molecule is COc1cccc(OC)c1-c1cn(S(=O)(=O)c2ccc(C)cc2)c2ncc(-c3cccc(C(=O)N4CCOCC4)c3)cc12. The molecule has 0 radical (unpaired) electrons. The molecule has 9 nitrogen and oxygen atoms in total. The van der Waals surface area contributed by atoms with Crippen LogP contribution < -0.4 is 9.47 Å². The molecular weight excluding hydrogens is 566 g/mol. The summed E-state index contributed by atoms with van der Waals surface area (Å²) in [5.41, 5.74) is 4.46. The fourth-order valence-electron chi connectivity index (χ4n) is 5.34. The molecule has 0 aliphatic carbocycles. The predicted molar refractivity (Wildman–Crippen MR) is 164 cm³/mol. The molecule has 0 unspecified atom stereocenters. The molecule has 0 N–H and O–H groups in total. The van der Waals surface area contributed by atoms with E-state index < -0.39 is 10.0 Å². The average molecular weight is 598 g/mol. The minimum absolute atomic E-state index is 0.0611. The van der Waals surface area contributed by atoms with Crippen molar-refractivity contribution in [1.29, 1.82) is 0 Å². The van der Waals surface area contributed by atoms with Crippen LogP contribution in [0.15, 0.2) is 90.1 Å². The second-order valence-corrected chi connectivity index (χ2v) is 12.1. The number of rotatable bonds is 7. The molecular formula is C33H31N3O6S. The van der Waals surface area contributed by atoms with Crippen LogP contribution in [-0.2, 0) is 14.8 Å². The number of aromatic nitrogens is 2. The predicted octanol–water partition coefficient (Wildman–Crippen LogP) is 5.41. The lowest BCUT2D eigenvalue weighted by Gasteiger charge is -2.27. The Kier molecular flexibility index (Phi) is 7.64. The first-order valence-corrected chi connectivity index (χ1v) is 15.3. The van der Waals surface area contributed by atoms with E-state index in [1.807, 2.05) is 37.3 Å². The first-order chi connectivity index (χ1) is 20.8. The minimum atomic E-state index is -4.00. The average Bonchev–Trinajstić information content (AvgIpc) is 3.44. The van der Waals surface area contributed by atoms with Crippen LogP contribution >= 0.6 is 0 Å². The van der Waals surface area contributed by atoms with Crippen molar-refractivity contribution in [3.05, 3.63) is 96.3 Å². The van der Waals surface area contributed by atoms with Crippen LogP contribution in [0, 0.1) is 6.92 Å². The summed E-state index contributed by atoms with van der Waals surface area (Å²) in [5, 5.41) is 0.584. The highest BCUT2D eigenvalue weighted by atomic mass is 32.2. The molecule has 1 fully saturated rings. The van der Waals surface area contributed by atoms with Crippen molar-refractivity contribution in [1.82, 2.24) is 13.9 Å². The monoisotopic (exact) mass is 597 g/mol. The standard InChI is InChI=1S/C33H31N3O6S/c1-22-10-12-26(13-11-22)43(38,39)36-21-28(31-29(40-2)8-5-9-30(31)41-3)27-19-25(20-34-32(27)36)23-6-4-7-24(18-23)33(37)35-14-16-42-17-15-35/h4-13,18-21H,14-17H2,1-3H3. The molecule has 43 heavy (non-hydrogen) atoms. The largest absolute Gasteiger partial charge is 0.496 e. The van der Waals surface area contributed by atoms with Gasteiger partial charge in [-0.25, -0.2) is 17.4 Å². The summed E-state index contributed by atoms with van der Waals surface area (Å²) in [6.45, 7) is 4.03. The highest BCUT2D eigenvalue weighted by molar-refractivity contribution is 7.90. The summed E-state index contributed by atoms with van der Waals surface area (Å²) in [6, 6.07) is 21.4. The maximum absolute atomic E-state index is 13.9. The molecule has 5 aromatic rings. The number of benzene rings is 3. The first-order valence-electron chi connectivity index (χ1n) is 13.8. The van der Waals surface area contributed by atoms with Gasteiger partial charge < -0.3 is 19.1 Å². The van der Waals surface area contributed by atoms with Gasteiger partial charge in [0, 0.05) is 47.6 Å². The van der Waals surface area contributed by atoms with Gasteiger partial charge in [0.05, 0.1) is 37.9 Å². The lowest BCUT2D eigenvalue weighted by Crippen LogP contribution is -2.40. The number of ether oxygens (including phenoxy) is 3. The summed E-state index contributed by atoms with van der Waals surface area (Å²) in [7, 11) is -0.891. The number of pyridine rings is 1. The topological polar surface area (TPSA) is 100.0 Å². The summed E-state index contributed by atoms with van der Waals surface area (Å²) in [4.78, 5) is 19.8. The van der Waals surface area contributed by atoms with E-state index in [9.17, 15) is 13.2 Å². The van der Waals surface area contributed by atoms with E-state index in [2.05, 4.69) is 4.98 Å². The molecule has 1 aliphatic rings. The van der Waals surface area contributed by atoms with Crippen LogP contribution in [-0.4, -0.2) is 68.7 Å². The molecule has 6 rings (SSSR count). The zero-order chi connectivity index (χ0) is 30.1. The van der Waals surface area contributed by atoms with Gasteiger partial charge in [0.25, 0.3) is 15.9 Å². The third-order valence-electron chi connectivity index (χ3n) is 7.63. The van der Waals surface area contributed by atoms with Crippen LogP contribution in [0.5, 0.6) is 11.5 Å². The van der Waals surface area contributed by atoms with Gasteiger partial charge in [0.1, 0.15) is 11.5 Å². The van der Waals surface area contributed by atoms with Gasteiger partial charge in [0.15, 0.2) is 5.65 Å². The zero-order valence-electron chi connectivity index (χ0n) is 24.1. The van der Waals surface area contributed by atoms with Crippen molar-refractivity contribution in [3.8, 4) is 33.8 Å². The summed E-state index contributed by atoms with van der Waals surface area (Å²) in [6.07, 6.45) is 3.19. The first kappa shape index (κ1) is 28.4. The Morgan fingerprint density at radius 3 is 2.23 bits per heavy atom. The van der Waals surface area contributed by atoms with Gasteiger partial charge in [-0.05, 0) is 55.0 Å². The Bertz CT molecular complexity index is 1900.